The summed E-state index contributed by atoms with van der Waals surface area (Å²) in [6, 6.07) is 16.9. The van der Waals surface area contributed by atoms with Crippen molar-refractivity contribution in [2.75, 3.05) is 55.0 Å². The van der Waals surface area contributed by atoms with Crippen molar-refractivity contribution in [3.63, 3.8) is 0 Å². The molecule has 1 aliphatic rings. The first kappa shape index (κ1) is 24.7. The number of nitrogens with one attached hydrogen (secondary N) is 1. The molecule has 0 atom stereocenters. The van der Waals surface area contributed by atoms with Gasteiger partial charge in [0.05, 0.1) is 24.8 Å². The molecule has 0 radical (unpaired) electrons. The van der Waals surface area contributed by atoms with E-state index >= 15 is 0 Å². The summed E-state index contributed by atoms with van der Waals surface area (Å²) in [5.74, 6) is 0.485. The van der Waals surface area contributed by atoms with Crippen LogP contribution >= 0.6 is 11.3 Å². The maximum atomic E-state index is 13.3. The Morgan fingerprint density at radius 3 is 2.31 bits per heavy atom. The van der Waals surface area contributed by atoms with Gasteiger partial charge in [0.1, 0.15) is 10.6 Å². The molecule has 0 unspecified atom stereocenters. The molecule has 9 heteroatoms. The quantitative estimate of drug-likeness (QED) is 0.462. The zero-order valence-corrected chi connectivity index (χ0v) is 21.0. The highest BCUT2D eigenvalue weighted by Gasteiger charge is 2.31. The fraction of sp³-hybridized carbons (Fsp3) is 0.346. The number of methoxy groups -OCH3 is 1. The van der Waals surface area contributed by atoms with Crippen LogP contribution in [-0.4, -0.2) is 61.7 Å². The molecule has 3 aromatic rings. The number of amides is 1. The highest BCUT2D eigenvalue weighted by molar-refractivity contribution is 7.18. The number of hydrogen-bond donors (Lipinski definition) is 2. The van der Waals surface area contributed by atoms with Gasteiger partial charge in [-0.15, -0.1) is 0 Å². The number of hydrogen-bond acceptors (Lipinski definition) is 8. The number of thiazole rings is 1. The normalized spacial score (nSPS) is 14.1. The van der Waals surface area contributed by atoms with Crippen molar-refractivity contribution in [2.45, 2.75) is 13.8 Å². The summed E-state index contributed by atoms with van der Waals surface area (Å²) in [6.45, 7) is 5.92. The number of ketones is 1. The number of aromatic nitrogens is 1. The van der Waals surface area contributed by atoms with Gasteiger partial charge in [-0.3, -0.25) is 9.59 Å². The van der Waals surface area contributed by atoms with Gasteiger partial charge in [0.2, 0.25) is 11.7 Å². The number of piperazine rings is 1. The molecule has 35 heavy (non-hydrogen) atoms. The maximum Gasteiger partial charge on any atom is 0.233 e. The predicted octanol–water partition coefficient (Wildman–Crippen LogP) is 3.67. The second-order valence-electron chi connectivity index (χ2n) is 9.01. The van der Waals surface area contributed by atoms with Gasteiger partial charge < -0.3 is 25.0 Å². The molecular weight excluding hydrogens is 464 g/mol. The van der Waals surface area contributed by atoms with Gasteiger partial charge in [0, 0.05) is 31.7 Å². The molecule has 1 saturated heterocycles. The van der Waals surface area contributed by atoms with Crippen LogP contribution in [0.15, 0.2) is 54.6 Å². The Kier molecular flexibility index (Phi) is 7.37. The Hall–Kier alpha value is -3.43. The van der Waals surface area contributed by atoms with Crippen LogP contribution in [-0.2, 0) is 4.79 Å². The number of ether oxygens (including phenoxy) is 1. The average molecular weight is 495 g/mol. The van der Waals surface area contributed by atoms with Crippen LogP contribution in [0.4, 0.5) is 16.6 Å². The van der Waals surface area contributed by atoms with Crippen LogP contribution in [0.25, 0.3) is 0 Å². The molecule has 0 saturated carbocycles. The third-order valence-electron chi connectivity index (χ3n) is 6.08. The number of carbonyl (C=O) groups is 2. The van der Waals surface area contributed by atoms with Crippen LogP contribution in [0.5, 0.6) is 5.75 Å². The van der Waals surface area contributed by atoms with E-state index in [9.17, 15) is 14.7 Å². The number of aliphatic hydroxyl groups is 1. The van der Waals surface area contributed by atoms with Crippen LogP contribution in [0, 0.1) is 5.41 Å². The Morgan fingerprint density at radius 2 is 1.66 bits per heavy atom. The monoisotopic (exact) mass is 494 g/mol. The first-order chi connectivity index (χ1) is 16.8. The minimum absolute atomic E-state index is 0.195. The zero-order valence-electron chi connectivity index (χ0n) is 20.2. The smallest absolute Gasteiger partial charge is 0.233 e. The van der Waals surface area contributed by atoms with E-state index < -0.39 is 5.41 Å². The van der Waals surface area contributed by atoms with Gasteiger partial charge >= 0.3 is 0 Å². The van der Waals surface area contributed by atoms with E-state index in [1.807, 2.05) is 30.3 Å². The lowest BCUT2D eigenvalue weighted by molar-refractivity contribution is -0.125. The van der Waals surface area contributed by atoms with E-state index in [-0.39, 0.29) is 24.1 Å². The van der Waals surface area contributed by atoms with E-state index in [1.165, 1.54) is 11.3 Å². The highest BCUT2D eigenvalue weighted by Crippen LogP contribution is 2.35. The Morgan fingerprint density at radius 1 is 1.03 bits per heavy atom. The van der Waals surface area contributed by atoms with Crippen LogP contribution in [0.3, 0.4) is 0 Å². The van der Waals surface area contributed by atoms with E-state index in [1.54, 1.807) is 45.2 Å². The summed E-state index contributed by atoms with van der Waals surface area (Å²) >= 11 is 1.28. The SMILES string of the molecule is COc1ccccc1N1CCN(c2nc(NC(=O)C(C)(C)CO)c(C(=O)c3ccccc3)s2)CC1. The third kappa shape index (κ3) is 5.31. The molecule has 2 N–H and O–H groups in total. The average Bonchev–Trinajstić information content (AvgIpc) is 3.32. The standard InChI is InChI=1S/C26H30N4O4S/c1-26(2,17-31)24(33)27-23-22(21(32)18-9-5-4-6-10-18)35-25(28-23)30-15-13-29(14-16-30)19-11-7-8-12-20(19)34-3/h4-12,31H,13-17H2,1-3H3,(H,27,33). The summed E-state index contributed by atoms with van der Waals surface area (Å²) in [5.41, 5.74) is 0.575. The van der Waals surface area contributed by atoms with Crippen molar-refractivity contribution in [3.8, 4) is 5.75 Å². The molecule has 0 bridgehead atoms. The van der Waals surface area contributed by atoms with Crippen molar-refractivity contribution >= 4 is 39.7 Å². The molecule has 2 aromatic carbocycles. The second-order valence-corrected chi connectivity index (χ2v) is 9.99. The molecule has 184 valence electrons. The molecule has 0 aliphatic carbocycles. The van der Waals surface area contributed by atoms with Crippen molar-refractivity contribution in [1.82, 2.24) is 4.98 Å². The molecule has 1 aromatic heterocycles. The van der Waals surface area contributed by atoms with Crippen molar-refractivity contribution < 1.29 is 19.4 Å². The van der Waals surface area contributed by atoms with Crippen molar-refractivity contribution in [3.05, 3.63) is 65.0 Å². The minimum Gasteiger partial charge on any atom is -0.495 e. The Labute approximate surface area is 209 Å². The van der Waals surface area contributed by atoms with Crippen molar-refractivity contribution in [1.29, 1.82) is 0 Å². The lowest BCUT2D eigenvalue weighted by atomic mass is 9.94. The number of carbonyl (C=O) groups excluding carboxylic acids is 2. The summed E-state index contributed by atoms with van der Waals surface area (Å²) in [4.78, 5) is 35.5. The first-order valence-electron chi connectivity index (χ1n) is 11.5. The number of rotatable bonds is 8. The van der Waals surface area contributed by atoms with Crippen LogP contribution in [0.1, 0.15) is 29.1 Å². The molecule has 1 aliphatic heterocycles. The molecule has 1 amide bonds. The molecule has 4 rings (SSSR count). The number of para-hydroxylation sites is 2. The molecule has 2 heterocycles. The van der Waals surface area contributed by atoms with Gasteiger partial charge in [0.25, 0.3) is 0 Å². The van der Waals surface area contributed by atoms with E-state index in [0.29, 0.717) is 28.7 Å². The molecule has 0 spiro atoms. The lowest BCUT2D eigenvalue weighted by Gasteiger charge is -2.36. The largest absolute Gasteiger partial charge is 0.495 e. The van der Waals surface area contributed by atoms with Gasteiger partial charge in [-0.25, -0.2) is 4.98 Å². The lowest BCUT2D eigenvalue weighted by Crippen LogP contribution is -2.46. The molecule has 8 nitrogen and oxygen atoms in total. The van der Waals surface area contributed by atoms with Crippen molar-refractivity contribution in [2.24, 2.45) is 5.41 Å². The Bertz CT molecular complexity index is 1190. The van der Waals surface area contributed by atoms with Gasteiger partial charge in [-0.05, 0) is 26.0 Å². The topological polar surface area (TPSA) is 95.0 Å². The van der Waals surface area contributed by atoms with Crippen LogP contribution in [0.2, 0.25) is 0 Å². The molecule has 1 fully saturated rings. The summed E-state index contributed by atoms with van der Waals surface area (Å²) in [5, 5.41) is 13.1. The fourth-order valence-electron chi connectivity index (χ4n) is 3.78. The maximum absolute atomic E-state index is 13.3. The Balaban J connectivity index is 1.58. The minimum atomic E-state index is -1.00. The zero-order chi connectivity index (χ0) is 25.0. The molecular formula is C26H30N4O4S. The van der Waals surface area contributed by atoms with Gasteiger partial charge in [-0.1, -0.05) is 53.8 Å². The summed E-state index contributed by atoms with van der Waals surface area (Å²) in [7, 11) is 1.67. The third-order valence-corrected chi connectivity index (χ3v) is 7.19. The summed E-state index contributed by atoms with van der Waals surface area (Å²) < 4.78 is 5.51. The fourth-order valence-corrected chi connectivity index (χ4v) is 4.82. The summed E-state index contributed by atoms with van der Waals surface area (Å²) in [6.07, 6.45) is 0. The van der Waals surface area contributed by atoms with Gasteiger partial charge in [0.15, 0.2) is 10.9 Å². The number of anilines is 3. The van der Waals surface area contributed by atoms with Crippen LogP contribution < -0.4 is 19.9 Å². The number of benzene rings is 2. The predicted molar refractivity (Wildman–Crippen MR) is 139 cm³/mol. The van der Waals surface area contributed by atoms with E-state index in [0.717, 1.165) is 24.5 Å². The first-order valence-corrected chi connectivity index (χ1v) is 12.3. The van der Waals surface area contributed by atoms with E-state index in [2.05, 4.69) is 20.1 Å². The highest BCUT2D eigenvalue weighted by atomic mass is 32.1. The number of aliphatic hydroxyl groups excluding tert-OH is 1. The number of nitrogens with zero attached hydrogens (tertiary/aromatic N) is 3. The second kappa shape index (κ2) is 10.5. The van der Waals surface area contributed by atoms with E-state index in [4.69, 9.17) is 4.74 Å². The van der Waals surface area contributed by atoms with Gasteiger partial charge in [-0.2, -0.15) is 0 Å².